The average Bonchev–Trinajstić information content (AvgIpc) is 2.14. The van der Waals surface area contributed by atoms with Crippen molar-refractivity contribution in [3.63, 3.8) is 0 Å². The van der Waals surface area contributed by atoms with E-state index in [4.69, 9.17) is 5.73 Å². The lowest BCUT2D eigenvalue weighted by atomic mass is 10.1. The zero-order valence-corrected chi connectivity index (χ0v) is 7.78. The topological polar surface area (TPSA) is 59.2 Å². The molecule has 0 unspecified atom stereocenters. The molecule has 80 valence electrons. The second kappa shape index (κ2) is 3.15. The first-order chi connectivity index (χ1) is 6.98. The summed E-state index contributed by atoms with van der Waals surface area (Å²) in [5, 5.41) is 0. The Balaban J connectivity index is 2.17. The van der Waals surface area contributed by atoms with E-state index in [9.17, 15) is 13.6 Å². The van der Waals surface area contributed by atoms with Crippen LogP contribution in [-0.4, -0.2) is 29.9 Å². The van der Waals surface area contributed by atoms with Gasteiger partial charge in [-0.2, -0.15) is 0 Å². The molecule has 0 saturated carbocycles. The van der Waals surface area contributed by atoms with Gasteiger partial charge >= 0.3 is 0 Å². The monoisotopic (exact) mass is 213 g/mol. The fourth-order valence-electron chi connectivity index (χ4n) is 1.45. The molecule has 0 spiro atoms. The van der Waals surface area contributed by atoms with Crippen molar-refractivity contribution >= 4 is 11.6 Å². The fraction of sp³-hybridized carbons (Fsp3) is 0.333. The second-order valence-corrected chi connectivity index (χ2v) is 3.48. The molecule has 0 radical (unpaired) electrons. The second-order valence-electron chi connectivity index (χ2n) is 3.48. The Morgan fingerprint density at radius 2 is 2.20 bits per heavy atom. The molecule has 2 N–H and O–H groups in total. The van der Waals surface area contributed by atoms with Gasteiger partial charge < -0.3 is 10.6 Å². The quantitative estimate of drug-likeness (QED) is 0.784. The van der Waals surface area contributed by atoms with Crippen LogP contribution in [0.25, 0.3) is 0 Å². The molecule has 1 aliphatic rings. The van der Waals surface area contributed by atoms with E-state index in [0.29, 0.717) is 5.69 Å². The highest BCUT2D eigenvalue weighted by atomic mass is 19.3. The number of carbonyl (C=O) groups excluding carboxylic acids is 1. The van der Waals surface area contributed by atoms with Gasteiger partial charge in [-0.3, -0.25) is 9.78 Å². The molecule has 0 aromatic carbocycles. The molecule has 0 atom stereocenters. The number of hydrogen-bond donors (Lipinski definition) is 1. The van der Waals surface area contributed by atoms with E-state index in [-0.39, 0.29) is 18.8 Å². The number of amides is 1. The molecule has 4 nitrogen and oxygen atoms in total. The first-order valence-corrected chi connectivity index (χ1v) is 4.37. The summed E-state index contributed by atoms with van der Waals surface area (Å²) in [4.78, 5) is 16.0. The summed E-state index contributed by atoms with van der Waals surface area (Å²) in [7, 11) is 0. The van der Waals surface area contributed by atoms with Gasteiger partial charge in [0.15, 0.2) is 0 Å². The lowest BCUT2D eigenvalue weighted by molar-refractivity contribution is -0.0262. The van der Waals surface area contributed by atoms with Crippen LogP contribution in [0.15, 0.2) is 18.3 Å². The number of anilines is 1. The van der Waals surface area contributed by atoms with Crippen LogP contribution in [0.1, 0.15) is 10.5 Å². The number of hydrogen-bond acceptors (Lipinski definition) is 3. The van der Waals surface area contributed by atoms with Gasteiger partial charge in [-0.05, 0) is 12.1 Å². The molecule has 2 heterocycles. The van der Waals surface area contributed by atoms with Crippen LogP contribution < -0.4 is 10.6 Å². The van der Waals surface area contributed by atoms with Crippen LogP contribution in [0.4, 0.5) is 14.5 Å². The molecule has 0 aliphatic carbocycles. The number of carbonyl (C=O) groups is 1. The van der Waals surface area contributed by atoms with Crippen LogP contribution in [-0.2, 0) is 0 Å². The minimum atomic E-state index is -2.63. The first-order valence-electron chi connectivity index (χ1n) is 4.37. The van der Waals surface area contributed by atoms with Crippen molar-refractivity contribution in [2.75, 3.05) is 18.0 Å². The highest BCUT2D eigenvalue weighted by Gasteiger charge is 2.43. The van der Waals surface area contributed by atoms with Gasteiger partial charge in [-0.1, -0.05) is 0 Å². The molecular formula is C9H9F2N3O. The van der Waals surface area contributed by atoms with Gasteiger partial charge in [0.25, 0.3) is 11.8 Å². The van der Waals surface area contributed by atoms with Gasteiger partial charge in [0, 0.05) is 11.9 Å². The number of primary amides is 1. The molecule has 2 rings (SSSR count). The standard InChI is InChI=1S/C9H9F2N3O/c10-9(11)4-14(5-9)6-1-2-13-7(3-6)8(12)15/h1-3H,4-5H2,(H2,12,15). The highest BCUT2D eigenvalue weighted by molar-refractivity contribution is 5.91. The van der Waals surface area contributed by atoms with Crippen molar-refractivity contribution in [2.45, 2.75) is 5.92 Å². The van der Waals surface area contributed by atoms with Crippen molar-refractivity contribution in [2.24, 2.45) is 5.73 Å². The van der Waals surface area contributed by atoms with E-state index in [1.54, 1.807) is 6.07 Å². The fourth-order valence-corrected chi connectivity index (χ4v) is 1.45. The minimum Gasteiger partial charge on any atom is -0.364 e. The van der Waals surface area contributed by atoms with E-state index < -0.39 is 11.8 Å². The van der Waals surface area contributed by atoms with Gasteiger partial charge in [0.1, 0.15) is 5.69 Å². The van der Waals surface area contributed by atoms with Crippen LogP contribution in [0, 0.1) is 0 Å². The molecular weight excluding hydrogens is 204 g/mol. The van der Waals surface area contributed by atoms with Gasteiger partial charge in [-0.15, -0.1) is 0 Å². The summed E-state index contributed by atoms with van der Waals surface area (Å²) >= 11 is 0. The molecule has 0 bridgehead atoms. The maximum absolute atomic E-state index is 12.6. The van der Waals surface area contributed by atoms with E-state index in [0.717, 1.165) is 0 Å². The zero-order chi connectivity index (χ0) is 11.1. The Hall–Kier alpha value is -1.72. The Morgan fingerprint density at radius 3 is 2.73 bits per heavy atom. The van der Waals surface area contributed by atoms with Crippen molar-refractivity contribution in [1.82, 2.24) is 4.98 Å². The number of aromatic nitrogens is 1. The minimum absolute atomic E-state index is 0.0858. The molecule has 1 saturated heterocycles. The van der Waals surface area contributed by atoms with Crippen molar-refractivity contribution in [1.29, 1.82) is 0 Å². The Kier molecular flexibility index (Phi) is 2.06. The smallest absolute Gasteiger partial charge is 0.282 e. The van der Waals surface area contributed by atoms with Crippen LogP contribution in [0.5, 0.6) is 0 Å². The molecule has 15 heavy (non-hydrogen) atoms. The number of alkyl halides is 2. The largest absolute Gasteiger partial charge is 0.364 e. The maximum atomic E-state index is 12.6. The average molecular weight is 213 g/mol. The lowest BCUT2D eigenvalue weighted by Gasteiger charge is -2.40. The molecule has 1 aliphatic heterocycles. The summed E-state index contributed by atoms with van der Waals surface area (Å²) in [6.07, 6.45) is 1.38. The summed E-state index contributed by atoms with van der Waals surface area (Å²) in [6.45, 7) is -0.648. The van der Waals surface area contributed by atoms with Crippen molar-refractivity contribution < 1.29 is 13.6 Å². The van der Waals surface area contributed by atoms with Crippen LogP contribution in [0.3, 0.4) is 0 Å². The summed E-state index contributed by atoms with van der Waals surface area (Å²) in [6, 6.07) is 2.99. The molecule has 1 aromatic heterocycles. The summed E-state index contributed by atoms with van der Waals surface area (Å²) in [5.41, 5.74) is 5.66. The van der Waals surface area contributed by atoms with Crippen LogP contribution >= 0.6 is 0 Å². The molecule has 6 heteroatoms. The van der Waals surface area contributed by atoms with Gasteiger partial charge in [0.2, 0.25) is 0 Å². The lowest BCUT2D eigenvalue weighted by Crippen LogP contribution is -2.56. The predicted octanol–water partition coefficient (Wildman–Crippen LogP) is 0.636. The number of nitrogens with two attached hydrogens (primary N) is 1. The van der Waals surface area contributed by atoms with Gasteiger partial charge in [0.05, 0.1) is 13.1 Å². The van der Waals surface area contributed by atoms with E-state index >= 15 is 0 Å². The predicted molar refractivity (Wildman–Crippen MR) is 49.9 cm³/mol. The number of pyridine rings is 1. The summed E-state index contributed by atoms with van der Waals surface area (Å²) in [5.74, 6) is -3.29. The molecule has 1 amide bonds. The normalized spacial score (nSPS) is 18.4. The van der Waals surface area contributed by atoms with Crippen molar-refractivity contribution in [3.05, 3.63) is 24.0 Å². The third-order valence-corrected chi connectivity index (χ3v) is 2.21. The Labute approximate surface area is 84.7 Å². The van der Waals surface area contributed by atoms with E-state index in [1.165, 1.54) is 17.2 Å². The Bertz CT molecular complexity index is 400. The van der Waals surface area contributed by atoms with E-state index in [2.05, 4.69) is 4.98 Å². The van der Waals surface area contributed by atoms with Gasteiger partial charge in [-0.25, -0.2) is 8.78 Å². The number of rotatable bonds is 2. The third kappa shape index (κ3) is 1.88. The molecule has 1 fully saturated rings. The summed E-state index contributed by atoms with van der Waals surface area (Å²) < 4.78 is 25.2. The highest BCUT2D eigenvalue weighted by Crippen LogP contribution is 2.31. The third-order valence-electron chi connectivity index (χ3n) is 2.21. The number of halogens is 2. The first kappa shape index (κ1) is 9.82. The van der Waals surface area contributed by atoms with Crippen molar-refractivity contribution in [3.8, 4) is 0 Å². The van der Waals surface area contributed by atoms with Crippen LogP contribution in [0.2, 0.25) is 0 Å². The Morgan fingerprint density at radius 1 is 1.53 bits per heavy atom. The SMILES string of the molecule is NC(=O)c1cc(N2CC(F)(F)C2)ccn1. The maximum Gasteiger partial charge on any atom is 0.282 e. The number of nitrogens with zero attached hydrogens (tertiary/aromatic N) is 2. The molecule has 1 aromatic rings. The zero-order valence-electron chi connectivity index (χ0n) is 7.78. The van der Waals surface area contributed by atoms with E-state index in [1.807, 2.05) is 0 Å².